The second kappa shape index (κ2) is 8.38. The number of para-hydroxylation sites is 1. The van der Waals surface area contributed by atoms with Gasteiger partial charge in [-0.2, -0.15) is 0 Å². The molecule has 24 heavy (non-hydrogen) atoms. The third kappa shape index (κ3) is 4.87. The van der Waals surface area contributed by atoms with Crippen molar-refractivity contribution in [2.45, 2.75) is 32.3 Å². The first kappa shape index (κ1) is 17.1. The minimum Gasteiger partial charge on any atom is -0.489 e. The number of carbonyl (C=O) groups is 1. The van der Waals surface area contributed by atoms with Gasteiger partial charge in [0.05, 0.1) is 6.54 Å². The van der Waals surface area contributed by atoms with Crippen LogP contribution in [0.15, 0.2) is 30.3 Å². The zero-order valence-electron chi connectivity index (χ0n) is 14.6. The lowest BCUT2D eigenvalue weighted by molar-refractivity contribution is 0.178. The van der Waals surface area contributed by atoms with Gasteiger partial charge in [0.2, 0.25) is 0 Å². The summed E-state index contributed by atoms with van der Waals surface area (Å²) in [5.41, 5.74) is 0. The minimum absolute atomic E-state index is 0.0412. The number of nitrogens with zero attached hydrogens (tertiary/aromatic N) is 2. The standard InChI is InChI=1S/C19H29N3O2/c1-16-7-11-21(12-8-16)14-10-20-19(23)22-13-9-18(15-22)24-17-5-3-2-4-6-17/h2-6,16,18H,7-15H2,1H3,(H,20,23). The summed E-state index contributed by atoms with van der Waals surface area (Å²) >= 11 is 0. The van der Waals surface area contributed by atoms with Crippen molar-refractivity contribution < 1.29 is 9.53 Å². The second-order valence-corrected chi connectivity index (χ2v) is 7.04. The van der Waals surface area contributed by atoms with Crippen LogP contribution in [-0.2, 0) is 0 Å². The fraction of sp³-hybridized carbons (Fsp3) is 0.632. The van der Waals surface area contributed by atoms with Crippen LogP contribution in [0.3, 0.4) is 0 Å². The van der Waals surface area contributed by atoms with Gasteiger partial charge in [0, 0.05) is 26.1 Å². The highest BCUT2D eigenvalue weighted by molar-refractivity contribution is 5.74. The van der Waals surface area contributed by atoms with Crippen molar-refractivity contribution in [1.82, 2.24) is 15.1 Å². The third-order valence-corrected chi connectivity index (χ3v) is 5.06. The molecule has 3 rings (SSSR count). The minimum atomic E-state index is 0.0412. The van der Waals surface area contributed by atoms with E-state index in [-0.39, 0.29) is 12.1 Å². The van der Waals surface area contributed by atoms with Gasteiger partial charge in [0.25, 0.3) is 0 Å². The maximum Gasteiger partial charge on any atom is 0.317 e. The van der Waals surface area contributed by atoms with Gasteiger partial charge >= 0.3 is 6.03 Å². The number of urea groups is 1. The number of piperidine rings is 1. The number of likely N-dealkylation sites (tertiary alicyclic amines) is 2. The monoisotopic (exact) mass is 331 g/mol. The van der Waals surface area contributed by atoms with Crippen LogP contribution in [0.5, 0.6) is 5.75 Å². The first-order valence-electron chi connectivity index (χ1n) is 9.17. The van der Waals surface area contributed by atoms with Crippen LogP contribution >= 0.6 is 0 Å². The first-order valence-corrected chi connectivity index (χ1v) is 9.17. The lowest BCUT2D eigenvalue weighted by Crippen LogP contribution is -2.44. The summed E-state index contributed by atoms with van der Waals surface area (Å²) < 4.78 is 5.94. The molecule has 2 aliphatic rings. The van der Waals surface area contributed by atoms with Gasteiger partial charge in [-0.1, -0.05) is 25.1 Å². The first-order chi connectivity index (χ1) is 11.7. The molecule has 2 saturated heterocycles. The summed E-state index contributed by atoms with van der Waals surface area (Å²) in [6.07, 6.45) is 3.55. The number of amides is 2. The summed E-state index contributed by atoms with van der Waals surface area (Å²) in [5, 5.41) is 3.06. The molecule has 0 aromatic heterocycles. The Hall–Kier alpha value is -1.75. The Morgan fingerprint density at radius 3 is 2.67 bits per heavy atom. The quantitative estimate of drug-likeness (QED) is 0.902. The predicted molar refractivity (Wildman–Crippen MR) is 95.3 cm³/mol. The molecule has 2 amide bonds. The van der Waals surface area contributed by atoms with Crippen molar-refractivity contribution in [3.05, 3.63) is 30.3 Å². The van der Waals surface area contributed by atoms with Crippen molar-refractivity contribution in [2.75, 3.05) is 39.3 Å². The Labute approximate surface area is 145 Å². The maximum absolute atomic E-state index is 12.3. The molecule has 1 aromatic carbocycles. The molecule has 0 aliphatic carbocycles. The Morgan fingerprint density at radius 2 is 1.92 bits per heavy atom. The molecule has 132 valence electrons. The summed E-state index contributed by atoms with van der Waals surface area (Å²) in [6, 6.07) is 9.88. The lowest BCUT2D eigenvalue weighted by Gasteiger charge is -2.30. The van der Waals surface area contributed by atoms with Crippen LogP contribution in [0.25, 0.3) is 0 Å². The van der Waals surface area contributed by atoms with Crippen LogP contribution in [-0.4, -0.2) is 61.2 Å². The van der Waals surface area contributed by atoms with E-state index < -0.39 is 0 Å². The molecule has 0 radical (unpaired) electrons. The molecule has 2 heterocycles. The van der Waals surface area contributed by atoms with Crippen molar-refractivity contribution >= 4 is 6.03 Å². The Balaban J connectivity index is 1.34. The van der Waals surface area contributed by atoms with Crippen LogP contribution in [0.1, 0.15) is 26.2 Å². The van der Waals surface area contributed by atoms with E-state index in [4.69, 9.17) is 4.74 Å². The van der Waals surface area contributed by atoms with Gasteiger partial charge in [0.1, 0.15) is 11.9 Å². The van der Waals surface area contributed by atoms with Gasteiger partial charge < -0.3 is 19.9 Å². The molecule has 1 unspecified atom stereocenters. The third-order valence-electron chi connectivity index (χ3n) is 5.06. The normalized spacial score (nSPS) is 22.5. The van der Waals surface area contributed by atoms with Crippen molar-refractivity contribution in [1.29, 1.82) is 0 Å². The van der Waals surface area contributed by atoms with Crippen LogP contribution in [0, 0.1) is 5.92 Å². The van der Waals surface area contributed by atoms with Gasteiger partial charge in [-0.25, -0.2) is 4.79 Å². The Morgan fingerprint density at radius 1 is 1.17 bits per heavy atom. The smallest absolute Gasteiger partial charge is 0.317 e. The topological polar surface area (TPSA) is 44.8 Å². The molecule has 0 saturated carbocycles. The molecule has 5 nitrogen and oxygen atoms in total. The highest BCUT2D eigenvalue weighted by Gasteiger charge is 2.27. The van der Waals surface area contributed by atoms with E-state index in [9.17, 15) is 4.79 Å². The van der Waals surface area contributed by atoms with Crippen LogP contribution in [0.4, 0.5) is 4.79 Å². The zero-order valence-corrected chi connectivity index (χ0v) is 14.6. The molecule has 0 spiro atoms. The molecule has 1 N–H and O–H groups in total. The van der Waals surface area contributed by atoms with Crippen molar-refractivity contribution in [3.63, 3.8) is 0 Å². The number of carbonyl (C=O) groups excluding carboxylic acids is 1. The van der Waals surface area contributed by atoms with E-state index in [0.717, 1.165) is 50.8 Å². The van der Waals surface area contributed by atoms with E-state index in [1.54, 1.807) is 0 Å². The van der Waals surface area contributed by atoms with E-state index >= 15 is 0 Å². The largest absolute Gasteiger partial charge is 0.489 e. The molecule has 5 heteroatoms. The van der Waals surface area contributed by atoms with Crippen molar-refractivity contribution in [3.8, 4) is 5.75 Å². The lowest BCUT2D eigenvalue weighted by atomic mass is 9.99. The SMILES string of the molecule is CC1CCN(CCNC(=O)N2CCC(Oc3ccccc3)C2)CC1. The van der Waals surface area contributed by atoms with Gasteiger partial charge in [0.15, 0.2) is 0 Å². The van der Waals surface area contributed by atoms with E-state index in [1.807, 2.05) is 35.2 Å². The van der Waals surface area contributed by atoms with Gasteiger partial charge in [-0.3, -0.25) is 0 Å². The Kier molecular flexibility index (Phi) is 5.96. The predicted octanol–water partition coefficient (Wildman–Crippen LogP) is 2.58. The number of hydrogen-bond donors (Lipinski definition) is 1. The average Bonchev–Trinajstić information content (AvgIpc) is 3.06. The summed E-state index contributed by atoms with van der Waals surface area (Å²) in [5.74, 6) is 1.73. The molecular formula is C19H29N3O2. The molecule has 2 fully saturated rings. The fourth-order valence-corrected chi connectivity index (χ4v) is 3.42. The molecule has 2 aliphatic heterocycles. The molecular weight excluding hydrogens is 302 g/mol. The van der Waals surface area contributed by atoms with E-state index in [1.165, 1.54) is 12.8 Å². The number of ether oxygens (including phenoxy) is 1. The average molecular weight is 331 g/mol. The van der Waals surface area contributed by atoms with E-state index in [2.05, 4.69) is 17.1 Å². The number of rotatable bonds is 5. The number of nitrogens with one attached hydrogen (secondary N) is 1. The number of benzene rings is 1. The van der Waals surface area contributed by atoms with Crippen LogP contribution < -0.4 is 10.1 Å². The van der Waals surface area contributed by atoms with Crippen molar-refractivity contribution in [2.24, 2.45) is 5.92 Å². The van der Waals surface area contributed by atoms with Gasteiger partial charge in [-0.15, -0.1) is 0 Å². The highest BCUT2D eigenvalue weighted by Crippen LogP contribution is 2.18. The van der Waals surface area contributed by atoms with Crippen LogP contribution in [0.2, 0.25) is 0 Å². The second-order valence-electron chi connectivity index (χ2n) is 7.04. The molecule has 1 atom stereocenters. The maximum atomic E-state index is 12.3. The zero-order chi connectivity index (χ0) is 16.8. The summed E-state index contributed by atoms with van der Waals surface area (Å²) in [7, 11) is 0. The molecule has 1 aromatic rings. The van der Waals surface area contributed by atoms with Gasteiger partial charge in [-0.05, 0) is 44.0 Å². The van der Waals surface area contributed by atoms with E-state index in [0.29, 0.717) is 6.54 Å². The Bertz CT molecular complexity index is 515. The summed E-state index contributed by atoms with van der Waals surface area (Å²) in [4.78, 5) is 16.6. The summed E-state index contributed by atoms with van der Waals surface area (Å²) in [6.45, 7) is 7.76. The fourth-order valence-electron chi connectivity index (χ4n) is 3.42. The highest BCUT2D eigenvalue weighted by atomic mass is 16.5. The molecule has 0 bridgehead atoms. The number of hydrogen-bond acceptors (Lipinski definition) is 3.